The average Bonchev–Trinajstić information content (AvgIpc) is 2.95. The second-order valence-corrected chi connectivity index (χ2v) is 5.24. The van der Waals surface area contributed by atoms with Gasteiger partial charge in [0.2, 0.25) is 5.76 Å². The van der Waals surface area contributed by atoms with Gasteiger partial charge in [-0.2, -0.15) is 0 Å². The number of esters is 1. The van der Waals surface area contributed by atoms with Gasteiger partial charge in [0.15, 0.2) is 0 Å². The lowest BCUT2D eigenvalue weighted by Gasteiger charge is -2.12. The summed E-state index contributed by atoms with van der Waals surface area (Å²) in [6.45, 7) is 2.69. The summed E-state index contributed by atoms with van der Waals surface area (Å²) in [5.74, 6) is 0.462. The summed E-state index contributed by atoms with van der Waals surface area (Å²) in [6, 6.07) is 11.4. The molecule has 1 unspecified atom stereocenters. The molecule has 1 atom stereocenters. The minimum atomic E-state index is -0.464. The van der Waals surface area contributed by atoms with Crippen molar-refractivity contribution in [2.24, 2.45) is 0 Å². The molecule has 1 aromatic carbocycles. The minimum absolute atomic E-state index is 0.000474. The molecule has 2 rings (SSSR count). The SMILES string of the molecule is COC(=O)c1ccc(C(C)NCc2ccccc2Br)o1. The van der Waals surface area contributed by atoms with E-state index in [4.69, 9.17) is 4.42 Å². The number of nitrogens with one attached hydrogen (secondary N) is 1. The molecule has 5 heteroatoms. The monoisotopic (exact) mass is 337 g/mol. The molecule has 106 valence electrons. The number of carbonyl (C=O) groups is 1. The predicted octanol–water partition coefficient (Wildman–Crippen LogP) is 3.68. The van der Waals surface area contributed by atoms with Gasteiger partial charge in [0.25, 0.3) is 0 Å². The standard InChI is InChI=1S/C15H16BrNO3/c1-10(13-7-8-14(20-13)15(18)19-2)17-9-11-5-3-4-6-12(11)16/h3-8,10,17H,9H2,1-2H3. The fourth-order valence-corrected chi connectivity index (χ4v) is 2.23. The van der Waals surface area contributed by atoms with Crippen molar-refractivity contribution in [3.05, 3.63) is 58.0 Å². The Morgan fingerprint density at radius 1 is 1.35 bits per heavy atom. The van der Waals surface area contributed by atoms with Gasteiger partial charge < -0.3 is 14.5 Å². The molecule has 0 fully saturated rings. The molecule has 0 saturated heterocycles. The van der Waals surface area contributed by atoms with Crippen molar-refractivity contribution >= 4 is 21.9 Å². The van der Waals surface area contributed by atoms with Crippen LogP contribution in [0.1, 0.15) is 34.8 Å². The number of carbonyl (C=O) groups excluding carboxylic acids is 1. The van der Waals surface area contributed by atoms with Crippen LogP contribution in [0, 0.1) is 0 Å². The van der Waals surface area contributed by atoms with Crippen LogP contribution < -0.4 is 5.32 Å². The summed E-state index contributed by atoms with van der Waals surface area (Å²) in [5, 5.41) is 3.35. The van der Waals surface area contributed by atoms with Crippen LogP contribution >= 0.6 is 15.9 Å². The van der Waals surface area contributed by atoms with Gasteiger partial charge in [-0.1, -0.05) is 34.1 Å². The van der Waals surface area contributed by atoms with Gasteiger partial charge in [-0.3, -0.25) is 0 Å². The molecule has 20 heavy (non-hydrogen) atoms. The molecule has 1 N–H and O–H groups in total. The van der Waals surface area contributed by atoms with Crippen LogP contribution in [0.15, 0.2) is 45.3 Å². The molecule has 0 spiro atoms. The van der Waals surface area contributed by atoms with Gasteiger partial charge in [0, 0.05) is 11.0 Å². The first-order valence-electron chi connectivity index (χ1n) is 6.26. The van der Waals surface area contributed by atoms with Gasteiger partial charge >= 0.3 is 5.97 Å². The lowest BCUT2D eigenvalue weighted by atomic mass is 10.2. The van der Waals surface area contributed by atoms with Gasteiger partial charge in [-0.15, -0.1) is 0 Å². The second-order valence-electron chi connectivity index (χ2n) is 4.39. The highest BCUT2D eigenvalue weighted by Crippen LogP contribution is 2.20. The van der Waals surface area contributed by atoms with E-state index in [0.29, 0.717) is 12.3 Å². The Hall–Kier alpha value is -1.59. The Labute approximate surface area is 126 Å². The van der Waals surface area contributed by atoms with Gasteiger partial charge in [0.1, 0.15) is 5.76 Å². The highest BCUT2D eigenvalue weighted by atomic mass is 79.9. The third-order valence-electron chi connectivity index (χ3n) is 3.00. The normalized spacial score (nSPS) is 12.2. The van der Waals surface area contributed by atoms with Gasteiger partial charge in [-0.05, 0) is 30.7 Å². The first-order chi connectivity index (χ1) is 9.61. The van der Waals surface area contributed by atoms with E-state index >= 15 is 0 Å². The van der Waals surface area contributed by atoms with E-state index in [2.05, 4.69) is 26.0 Å². The Morgan fingerprint density at radius 2 is 2.10 bits per heavy atom. The Morgan fingerprint density at radius 3 is 2.80 bits per heavy atom. The maximum Gasteiger partial charge on any atom is 0.373 e. The maximum atomic E-state index is 11.3. The van der Waals surface area contributed by atoms with Gasteiger partial charge in [0.05, 0.1) is 13.2 Å². The number of furan rings is 1. The summed E-state index contributed by atoms with van der Waals surface area (Å²) < 4.78 is 11.1. The van der Waals surface area contributed by atoms with Gasteiger partial charge in [-0.25, -0.2) is 4.79 Å². The molecule has 4 nitrogen and oxygen atoms in total. The number of ether oxygens (including phenoxy) is 1. The van der Waals surface area contributed by atoms with Crippen molar-refractivity contribution in [1.29, 1.82) is 0 Å². The molecule has 0 bridgehead atoms. The summed E-state index contributed by atoms with van der Waals surface area (Å²) in [6.07, 6.45) is 0. The fraction of sp³-hybridized carbons (Fsp3) is 0.267. The third kappa shape index (κ3) is 3.49. The number of benzene rings is 1. The van der Waals surface area contributed by atoms with E-state index in [0.717, 1.165) is 4.47 Å². The lowest BCUT2D eigenvalue weighted by molar-refractivity contribution is 0.0562. The van der Waals surface area contributed by atoms with E-state index in [1.807, 2.05) is 31.2 Å². The van der Waals surface area contributed by atoms with E-state index in [-0.39, 0.29) is 11.8 Å². The van der Waals surface area contributed by atoms with Crippen LogP contribution in [0.25, 0.3) is 0 Å². The number of hydrogen-bond acceptors (Lipinski definition) is 4. The van der Waals surface area contributed by atoms with E-state index in [1.165, 1.54) is 12.7 Å². The van der Waals surface area contributed by atoms with Crippen molar-refractivity contribution in [3.63, 3.8) is 0 Å². The zero-order valence-electron chi connectivity index (χ0n) is 11.4. The zero-order valence-corrected chi connectivity index (χ0v) is 12.9. The van der Waals surface area contributed by atoms with Crippen molar-refractivity contribution in [3.8, 4) is 0 Å². The molecule has 2 aromatic rings. The summed E-state index contributed by atoms with van der Waals surface area (Å²) in [7, 11) is 1.33. The first-order valence-corrected chi connectivity index (χ1v) is 7.06. The number of halogens is 1. The molecule has 0 amide bonds. The number of methoxy groups -OCH3 is 1. The smallest absolute Gasteiger partial charge is 0.373 e. The van der Waals surface area contributed by atoms with Crippen LogP contribution in [0.2, 0.25) is 0 Å². The van der Waals surface area contributed by atoms with E-state index in [1.54, 1.807) is 12.1 Å². The Bertz CT molecular complexity index is 594. The Balaban J connectivity index is 1.98. The van der Waals surface area contributed by atoms with Crippen molar-refractivity contribution < 1.29 is 13.9 Å². The largest absolute Gasteiger partial charge is 0.463 e. The Kier molecular flexibility index (Phi) is 4.98. The van der Waals surface area contributed by atoms with Crippen LogP contribution in [0.5, 0.6) is 0 Å². The van der Waals surface area contributed by atoms with Crippen LogP contribution in [0.4, 0.5) is 0 Å². The van der Waals surface area contributed by atoms with Crippen LogP contribution in [-0.4, -0.2) is 13.1 Å². The molecule has 0 saturated carbocycles. The van der Waals surface area contributed by atoms with Crippen LogP contribution in [0.3, 0.4) is 0 Å². The predicted molar refractivity (Wildman–Crippen MR) is 79.4 cm³/mol. The maximum absolute atomic E-state index is 11.3. The van der Waals surface area contributed by atoms with Crippen LogP contribution in [-0.2, 0) is 11.3 Å². The summed E-state index contributed by atoms with van der Waals surface area (Å²) >= 11 is 3.51. The molecule has 1 aromatic heterocycles. The van der Waals surface area contributed by atoms with Crippen molar-refractivity contribution in [2.75, 3.05) is 7.11 Å². The minimum Gasteiger partial charge on any atom is -0.463 e. The topological polar surface area (TPSA) is 51.5 Å². The molecule has 1 heterocycles. The summed E-state index contributed by atoms with van der Waals surface area (Å²) in [4.78, 5) is 11.3. The average molecular weight is 338 g/mol. The fourth-order valence-electron chi connectivity index (χ4n) is 1.80. The molecular formula is C15H16BrNO3. The molecule has 0 aliphatic carbocycles. The zero-order chi connectivity index (χ0) is 14.5. The lowest BCUT2D eigenvalue weighted by Crippen LogP contribution is -2.17. The highest BCUT2D eigenvalue weighted by molar-refractivity contribution is 9.10. The summed E-state index contributed by atoms with van der Waals surface area (Å²) in [5.41, 5.74) is 1.17. The molecule has 0 aliphatic rings. The molecular weight excluding hydrogens is 322 g/mol. The second kappa shape index (κ2) is 6.72. The molecule has 0 aliphatic heterocycles. The number of rotatable bonds is 5. The first kappa shape index (κ1) is 14.8. The molecule has 0 radical (unpaired) electrons. The highest BCUT2D eigenvalue weighted by Gasteiger charge is 2.15. The van der Waals surface area contributed by atoms with Crippen molar-refractivity contribution in [2.45, 2.75) is 19.5 Å². The van der Waals surface area contributed by atoms with E-state index in [9.17, 15) is 4.79 Å². The van der Waals surface area contributed by atoms with E-state index < -0.39 is 5.97 Å². The quantitative estimate of drug-likeness (QED) is 0.845. The van der Waals surface area contributed by atoms with Crippen molar-refractivity contribution in [1.82, 2.24) is 5.32 Å². The number of hydrogen-bond donors (Lipinski definition) is 1. The third-order valence-corrected chi connectivity index (χ3v) is 3.77.